The molecule has 180 valence electrons. The van der Waals surface area contributed by atoms with Gasteiger partial charge in [0.1, 0.15) is 18.6 Å². The van der Waals surface area contributed by atoms with E-state index in [2.05, 4.69) is 10.6 Å². The molecule has 1 aromatic carbocycles. The molecule has 1 aromatic rings. The van der Waals surface area contributed by atoms with Crippen LogP contribution in [0.15, 0.2) is 23.1 Å². The maximum absolute atomic E-state index is 12.4. The number of carbonyl (C=O) groups excluding carboxylic acids is 2. The summed E-state index contributed by atoms with van der Waals surface area (Å²) in [6.45, 7) is -0.732. The Bertz CT molecular complexity index is 950. The average molecular weight is 485 g/mol. The molecule has 0 aromatic heterocycles. The van der Waals surface area contributed by atoms with Gasteiger partial charge in [0.25, 0.3) is 0 Å². The number of nitrogens with one attached hydrogen (secondary N) is 2. The third-order valence-electron chi connectivity index (χ3n) is 4.01. The fourth-order valence-electron chi connectivity index (χ4n) is 2.33. The second kappa shape index (κ2) is 12.9. The van der Waals surface area contributed by atoms with Gasteiger partial charge >= 0.3 is 17.9 Å². The van der Waals surface area contributed by atoms with Crippen LogP contribution in [0, 0.1) is 0 Å². The first-order chi connectivity index (χ1) is 15.4. The minimum atomic E-state index is -1.33. The van der Waals surface area contributed by atoms with E-state index in [1.807, 2.05) is 0 Å². The van der Waals surface area contributed by atoms with Crippen LogP contribution >= 0.6 is 11.8 Å². The molecule has 0 fully saturated rings. The number of phenolic OH excluding ortho intramolecular Hbond substituents is 2. The Kier molecular flexibility index (Phi) is 10.7. The van der Waals surface area contributed by atoms with E-state index < -0.39 is 59.8 Å². The molecule has 0 saturated carbocycles. The van der Waals surface area contributed by atoms with Crippen LogP contribution < -0.4 is 16.4 Å². The Morgan fingerprint density at radius 1 is 1.09 bits per heavy atom. The summed E-state index contributed by atoms with van der Waals surface area (Å²) in [5.41, 5.74) is 5.54. The molecule has 0 aliphatic heterocycles. The molecule has 0 spiro atoms. The fourth-order valence-corrected chi connectivity index (χ4v) is 3.44. The number of benzene rings is 1. The van der Waals surface area contributed by atoms with Gasteiger partial charge in [-0.2, -0.15) is 0 Å². The number of rotatable bonds is 13. The average Bonchev–Trinajstić information content (AvgIpc) is 2.74. The lowest BCUT2D eigenvalue weighted by molar-refractivity contribution is -0.139. The van der Waals surface area contributed by atoms with Crippen molar-refractivity contribution < 1.29 is 49.5 Å². The first-order valence-electron chi connectivity index (χ1n) is 9.28. The van der Waals surface area contributed by atoms with Crippen molar-refractivity contribution in [1.29, 1.82) is 0 Å². The van der Waals surface area contributed by atoms with E-state index in [4.69, 9.17) is 21.1 Å². The number of thioether (sulfide) groups is 1. The summed E-state index contributed by atoms with van der Waals surface area (Å²) in [5, 5.41) is 50.7. The second-order valence-corrected chi connectivity index (χ2v) is 7.58. The van der Waals surface area contributed by atoms with Gasteiger partial charge in [-0.15, -0.1) is 11.8 Å². The highest BCUT2D eigenvalue weighted by molar-refractivity contribution is 7.99. The minimum Gasteiger partial charge on any atom is -0.504 e. The van der Waals surface area contributed by atoms with Crippen molar-refractivity contribution >= 4 is 47.6 Å². The quantitative estimate of drug-likeness (QED) is 0.0970. The van der Waals surface area contributed by atoms with E-state index in [1.165, 1.54) is 6.07 Å². The van der Waals surface area contributed by atoms with Gasteiger partial charge in [0.2, 0.25) is 11.8 Å². The number of carboxylic acids is 3. The molecule has 2 unspecified atom stereocenters. The molecule has 14 heteroatoms. The molecule has 0 radical (unpaired) electrons. The van der Waals surface area contributed by atoms with Gasteiger partial charge in [-0.1, -0.05) is 0 Å². The fraction of sp³-hybridized carbons (Fsp3) is 0.316. The molecule has 1 rings (SSSR count). The molecule has 13 nitrogen and oxygen atoms in total. The van der Waals surface area contributed by atoms with Crippen molar-refractivity contribution in [2.24, 2.45) is 5.73 Å². The smallest absolute Gasteiger partial charge is 0.328 e. The summed E-state index contributed by atoms with van der Waals surface area (Å²) in [4.78, 5) is 56.8. The summed E-state index contributed by atoms with van der Waals surface area (Å²) < 4.78 is 0. The van der Waals surface area contributed by atoms with E-state index >= 15 is 0 Å². The van der Waals surface area contributed by atoms with Gasteiger partial charge in [-0.3, -0.25) is 19.2 Å². The van der Waals surface area contributed by atoms with Crippen LogP contribution in [0.1, 0.15) is 18.4 Å². The zero-order valence-corrected chi connectivity index (χ0v) is 17.9. The van der Waals surface area contributed by atoms with Crippen LogP contribution in [0.25, 0.3) is 6.08 Å². The Hall–Kier alpha value is -3.78. The monoisotopic (exact) mass is 485 g/mol. The van der Waals surface area contributed by atoms with Crippen molar-refractivity contribution in [2.45, 2.75) is 29.8 Å². The Morgan fingerprint density at radius 2 is 1.76 bits per heavy atom. The highest BCUT2D eigenvalue weighted by atomic mass is 32.2. The standard InChI is InChI=1S/C19H23N3O10S/c20-10(19(31)32)3-5-13(24)22-11(18(30)21-7-15(27)28)8-33-17-9(2-6-14(25)26)1-4-12(23)16(17)29/h1-2,4,6,10-11,23,29H,3,5,7-8,20H2,(H,21,30)(H,22,24)(H,25,26)(H,27,28)(H,31,32). The molecule has 33 heavy (non-hydrogen) atoms. The lowest BCUT2D eigenvalue weighted by atomic mass is 10.1. The number of aromatic hydroxyl groups is 2. The van der Waals surface area contributed by atoms with Crippen LogP contribution in [0.4, 0.5) is 0 Å². The van der Waals surface area contributed by atoms with Crippen LogP contribution in [0.5, 0.6) is 11.5 Å². The summed E-state index contributed by atoms with van der Waals surface area (Å²) in [5.74, 6) is -6.86. The molecule has 2 atom stereocenters. The van der Waals surface area contributed by atoms with E-state index in [0.717, 1.165) is 30.0 Å². The molecule has 2 amide bonds. The van der Waals surface area contributed by atoms with Gasteiger partial charge in [0.15, 0.2) is 11.5 Å². The van der Waals surface area contributed by atoms with Crippen LogP contribution in [0.3, 0.4) is 0 Å². The van der Waals surface area contributed by atoms with Crippen molar-refractivity contribution in [3.63, 3.8) is 0 Å². The number of amides is 2. The molecule has 0 aliphatic rings. The van der Waals surface area contributed by atoms with E-state index in [0.29, 0.717) is 0 Å². The highest BCUT2D eigenvalue weighted by Crippen LogP contribution is 2.39. The van der Waals surface area contributed by atoms with E-state index in [1.54, 1.807) is 0 Å². The summed E-state index contributed by atoms with van der Waals surface area (Å²) in [7, 11) is 0. The predicted octanol–water partition coefficient (Wildman–Crippen LogP) is -0.835. The van der Waals surface area contributed by atoms with Crippen molar-refractivity contribution in [3.05, 3.63) is 23.8 Å². The molecule has 0 heterocycles. The molecule has 0 saturated heterocycles. The SMILES string of the molecule is NC(CCC(=O)NC(CSc1c(C=CC(=O)O)ccc(O)c1O)C(=O)NCC(=O)O)C(=O)O. The van der Waals surface area contributed by atoms with Crippen molar-refractivity contribution in [1.82, 2.24) is 10.6 Å². The largest absolute Gasteiger partial charge is 0.504 e. The molecule has 0 bridgehead atoms. The Labute approximate surface area is 191 Å². The summed E-state index contributed by atoms with van der Waals surface area (Å²) in [6, 6.07) is -0.161. The second-order valence-electron chi connectivity index (χ2n) is 6.55. The van der Waals surface area contributed by atoms with Crippen LogP contribution in [-0.2, 0) is 24.0 Å². The molecular formula is C19H23N3O10S. The topological polar surface area (TPSA) is 237 Å². The van der Waals surface area contributed by atoms with Crippen molar-refractivity contribution in [2.75, 3.05) is 12.3 Å². The lowest BCUT2D eigenvalue weighted by Gasteiger charge is -2.19. The first kappa shape index (κ1) is 27.3. The molecule has 0 aliphatic carbocycles. The number of hydrogen-bond donors (Lipinski definition) is 8. The van der Waals surface area contributed by atoms with Crippen molar-refractivity contribution in [3.8, 4) is 11.5 Å². The number of hydrogen-bond acceptors (Lipinski definition) is 9. The zero-order chi connectivity index (χ0) is 25.1. The first-order valence-corrected chi connectivity index (χ1v) is 10.3. The number of carbonyl (C=O) groups is 5. The van der Waals surface area contributed by atoms with Gasteiger partial charge in [0.05, 0.1) is 4.90 Å². The van der Waals surface area contributed by atoms with Gasteiger partial charge in [0, 0.05) is 18.2 Å². The Morgan fingerprint density at radius 3 is 2.33 bits per heavy atom. The third-order valence-corrected chi connectivity index (χ3v) is 5.22. The number of aliphatic carboxylic acids is 3. The minimum absolute atomic E-state index is 0.00526. The van der Waals surface area contributed by atoms with E-state index in [9.17, 15) is 34.2 Å². The number of carboxylic acid groups (broad SMARTS) is 3. The molecular weight excluding hydrogens is 462 g/mol. The third kappa shape index (κ3) is 9.49. The van der Waals surface area contributed by atoms with Crippen LogP contribution in [-0.4, -0.2) is 79.6 Å². The highest BCUT2D eigenvalue weighted by Gasteiger charge is 2.24. The van der Waals surface area contributed by atoms with Crippen LogP contribution in [0.2, 0.25) is 0 Å². The van der Waals surface area contributed by atoms with Gasteiger partial charge < -0.3 is 41.9 Å². The maximum atomic E-state index is 12.4. The number of nitrogens with two attached hydrogens (primary N) is 1. The maximum Gasteiger partial charge on any atom is 0.328 e. The molecule has 9 N–H and O–H groups in total. The Balaban J connectivity index is 3.04. The van der Waals surface area contributed by atoms with Gasteiger partial charge in [-0.05, 0) is 30.2 Å². The normalized spacial score (nSPS) is 12.6. The summed E-state index contributed by atoms with van der Waals surface area (Å²) in [6.07, 6.45) is 1.40. The summed E-state index contributed by atoms with van der Waals surface area (Å²) >= 11 is 0.785. The van der Waals surface area contributed by atoms with E-state index in [-0.39, 0.29) is 29.1 Å². The lowest BCUT2D eigenvalue weighted by Crippen LogP contribution is -2.49. The predicted molar refractivity (Wildman–Crippen MR) is 115 cm³/mol. The zero-order valence-electron chi connectivity index (χ0n) is 17.1. The van der Waals surface area contributed by atoms with Gasteiger partial charge in [-0.25, -0.2) is 4.79 Å². The number of phenols is 2.